The summed E-state index contributed by atoms with van der Waals surface area (Å²) in [6.07, 6.45) is 3.57. The second-order valence-corrected chi connectivity index (χ2v) is 8.17. The minimum atomic E-state index is 0.286. The highest BCUT2D eigenvalue weighted by Crippen LogP contribution is 2.44. The van der Waals surface area contributed by atoms with Crippen molar-refractivity contribution in [3.63, 3.8) is 0 Å². The third kappa shape index (κ3) is 4.82. The zero-order chi connectivity index (χ0) is 19.3. The number of nitrogens with zero attached hydrogens (tertiary/aromatic N) is 2. The molecule has 2 saturated heterocycles. The van der Waals surface area contributed by atoms with Crippen molar-refractivity contribution in [1.82, 2.24) is 9.80 Å². The molecule has 1 spiro atoms. The molecule has 0 N–H and O–H groups in total. The summed E-state index contributed by atoms with van der Waals surface area (Å²) in [6.45, 7) is 7.50. The van der Waals surface area contributed by atoms with Crippen LogP contribution in [-0.2, 0) is 16.0 Å². The van der Waals surface area contributed by atoms with Crippen LogP contribution in [0.25, 0.3) is 0 Å². The highest BCUT2D eigenvalue weighted by atomic mass is 16.5. The van der Waals surface area contributed by atoms with E-state index in [-0.39, 0.29) is 5.91 Å². The molecule has 1 atom stereocenters. The molecule has 1 aromatic rings. The van der Waals surface area contributed by atoms with Gasteiger partial charge in [-0.15, -0.1) is 0 Å². The quantitative estimate of drug-likeness (QED) is 0.736. The molecule has 0 saturated carbocycles. The lowest BCUT2D eigenvalue weighted by molar-refractivity contribution is -0.134. The summed E-state index contributed by atoms with van der Waals surface area (Å²) < 4.78 is 10.9. The number of hydrogen-bond donors (Lipinski definition) is 0. The van der Waals surface area contributed by atoms with Crippen molar-refractivity contribution in [3.05, 3.63) is 29.8 Å². The molecule has 3 rings (SSSR count). The average Bonchev–Trinajstić information content (AvgIpc) is 2.97. The lowest BCUT2D eigenvalue weighted by Gasteiger charge is -2.42. The highest BCUT2D eigenvalue weighted by molar-refractivity contribution is 5.76. The summed E-state index contributed by atoms with van der Waals surface area (Å²) in [5.74, 6) is 1.77. The molecule has 5 nitrogen and oxygen atoms in total. The number of hydrogen-bond acceptors (Lipinski definition) is 4. The Kier molecular flexibility index (Phi) is 6.77. The number of methoxy groups -OCH3 is 1. The maximum atomic E-state index is 12.7. The molecule has 27 heavy (non-hydrogen) atoms. The first-order valence-corrected chi connectivity index (χ1v) is 10.2. The molecule has 0 aromatic heterocycles. The van der Waals surface area contributed by atoms with Gasteiger partial charge in [-0.2, -0.15) is 0 Å². The van der Waals surface area contributed by atoms with Crippen molar-refractivity contribution in [2.75, 3.05) is 53.6 Å². The Hall–Kier alpha value is -1.59. The summed E-state index contributed by atoms with van der Waals surface area (Å²) in [5, 5.41) is 0. The lowest BCUT2D eigenvalue weighted by atomic mass is 9.71. The van der Waals surface area contributed by atoms with Crippen LogP contribution in [0.4, 0.5) is 0 Å². The molecule has 2 fully saturated rings. The van der Waals surface area contributed by atoms with E-state index in [0.29, 0.717) is 24.4 Å². The van der Waals surface area contributed by atoms with Crippen molar-refractivity contribution in [2.24, 2.45) is 11.3 Å². The topological polar surface area (TPSA) is 42.0 Å². The van der Waals surface area contributed by atoms with E-state index in [0.717, 1.165) is 57.8 Å². The molecule has 1 unspecified atom stereocenters. The Morgan fingerprint density at radius 1 is 1.22 bits per heavy atom. The first-order chi connectivity index (χ1) is 13.1. The van der Waals surface area contributed by atoms with Gasteiger partial charge in [0.05, 0.1) is 13.2 Å². The van der Waals surface area contributed by atoms with Crippen LogP contribution in [0.5, 0.6) is 5.75 Å². The number of carbonyl (C=O) groups excluding carboxylic acids is 1. The standard InChI is InChI=1S/C22H34N2O3/c1-4-27-20-8-5-18(6-9-20)7-10-21(25)24-13-11-22(12-14-24)17-23(2)15-19(22)16-26-3/h5-6,8-9,19H,4,7,10-17H2,1-3H3. The first kappa shape index (κ1) is 20.2. The number of likely N-dealkylation sites (tertiary alicyclic amines) is 2. The van der Waals surface area contributed by atoms with E-state index in [1.807, 2.05) is 19.1 Å². The fraction of sp³-hybridized carbons (Fsp3) is 0.682. The van der Waals surface area contributed by atoms with Crippen LogP contribution in [0.15, 0.2) is 24.3 Å². The maximum absolute atomic E-state index is 12.7. The predicted molar refractivity (Wildman–Crippen MR) is 107 cm³/mol. The smallest absolute Gasteiger partial charge is 0.222 e. The third-order valence-electron chi connectivity index (χ3n) is 6.32. The van der Waals surface area contributed by atoms with Crippen LogP contribution < -0.4 is 4.74 Å². The highest BCUT2D eigenvalue weighted by Gasteiger charge is 2.47. The zero-order valence-electron chi connectivity index (χ0n) is 17.1. The normalized spacial score (nSPS) is 22.3. The van der Waals surface area contributed by atoms with Crippen molar-refractivity contribution >= 4 is 5.91 Å². The minimum Gasteiger partial charge on any atom is -0.494 e. The molecular weight excluding hydrogens is 340 g/mol. The maximum Gasteiger partial charge on any atom is 0.222 e. The largest absolute Gasteiger partial charge is 0.494 e. The van der Waals surface area contributed by atoms with Crippen molar-refractivity contribution in [1.29, 1.82) is 0 Å². The van der Waals surface area contributed by atoms with Gasteiger partial charge in [0.2, 0.25) is 5.91 Å². The number of piperidine rings is 1. The number of benzene rings is 1. The molecule has 0 bridgehead atoms. The first-order valence-electron chi connectivity index (χ1n) is 10.2. The van der Waals surface area contributed by atoms with E-state index in [1.165, 1.54) is 5.56 Å². The third-order valence-corrected chi connectivity index (χ3v) is 6.32. The van der Waals surface area contributed by atoms with Gasteiger partial charge in [0.25, 0.3) is 0 Å². The number of carbonyl (C=O) groups is 1. The minimum absolute atomic E-state index is 0.286. The van der Waals surface area contributed by atoms with Gasteiger partial charge in [0.15, 0.2) is 0 Å². The number of aryl methyl sites for hydroxylation is 1. The Labute approximate surface area is 163 Å². The van der Waals surface area contributed by atoms with Crippen LogP contribution in [0.2, 0.25) is 0 Å². The summed E-state index contributed by atoms with van der Waals surface area (Å²) in [5.41, 5.74) is 1.52. The molecule has 2 aliphatic rings. The molecule has 150 valence electrons. The number of rotatable bonds is 7. The van der Waals surface area contributed by atoms with E-state index in [9.17, 15) is 4.79 Å². The van der Waals surface area contributed by atoms with Crippen LogP contribution in [0.1, 0.15) is 31.7 Å². The van der Waals surface area contributed by atoms with Crippen molar-refractivity contribution in [2.45, 2.75) is 32.6 Å². The van der Waals surface area contributed by atoms with Gasteiger partial charge in [-0.25, -0.2) is 0 Å². The van der Waals surface area contributed by atoms with Gasteiger partial charge in [-0.1, -0.05) is 12.1 Å². The lowest BCUT2D eigenvalue weighted by Crippen LogP contribution is -2.47. The van der Waals surface area contributed by atoms with E-state index in [2.05, 4.69) is 29.0 Å². The van der Waals surface area contributed by atoms with E-state index in [4.69, 9.17) is 9.47 Å². The summed E-state index contributed by atoms with van der Waals surface area (Å²) >= 11 is 0. The summed E-state index contributed by atoms with van der Waals surface area (Å²) in [7, 11) is 4.00. The number of amides is 1. The van der Waals surface area contributed by atoms with Crippen LogP contribution in [0, 0.1) is 11.3 Å². The Balaban J connectivity index is 1.48. The Morgan fingerprint density at radius 3 is 2.56 bits per heavy atom. The molecular formula is C22H34N2O3. The van der Waals surface area contributed by atoms with Gasteiger partial charge >= 0.3 is 0 Å². The van der Waals surface area contributed by atoms with Gasteiger partial charge in [0.1, 0.15) is 5.75 Å². The predicted octanol–water partition coefficient (Wildman–Crippen LogP) is 2.83. The average molecular weight is 375 g/mol. The monoisotopic (exact) mass is 374 g/mol. The molecule has 2 heterocycles. The van der Waals surface area contributed by atoms with Gasteiger partial charge < -0.3 is 19.3 Å². The van der Waals surface area contributed by atoms with Gasteiger partial charge in [-0.3, -0.25) is 4.79 Å². The summed E-state index contributed by atoms with van der Waals surface area (Å²) in [6, 6.07) is 8.10. The van der Waals surface area contributed by atoms with E-state index < -0.39 is 0 Å². The number of ether oxygens (including phenoxy) is 2. The molecule has 1 amide bonds. The van der Waals surface area contributed by atoms with Crippen LogP contribution >= 0.6 is 0 Å². The molecule has 5 heteroatoms. The fourth-order valence-electron chi connectivity index (χ4n) is 4.83. The Bertz CT molecular complexity index is 608. The summed E-state index contributed by atoms with van der Waals surface area (Å²) in [4.78, 5) is 17.2. The Morgan fingerprint density at radius 2 is 1.93 bits per heavy atom. The molecule has 2 aliphatic heterocycles. The van der Waals surface area contributed by atoms with Crippen LogP contribution in [-0.4, -0.2) is 69.3 Å². The molecule has 0 aliphatic carbocycles. The SMILES string of the molecule is CCOc1ccc(CCC(=O)N2CCC3(CC2)CN(C)CC3COC)cc1. The van der Waals surface area contributed by atoms with Crippen molar-refractivity contribution in [3.8, 4) is 5.75 Å². The van der Waals surface area contributed by atoms with Gasteiger partial charge in [0, 0.05) is 45.6 Å². The second kappa shape index (κ2) is 9.07. The van der Waals surface area contributed by atoms with Crippen LogP contribution in [0.3, 0.4) is 0 Å². The fourth-order valence-corrected chi connectivity index (χ4v) is 4.83. The van der Waals surface area contributed by atoms with Gasteiger partial charge in [-0.05, 0) is 56.3 Å². The van der Waals surface area contributed by atoms with E-state index >= 15 is 0 Å². The molecule has 1 aromatic carbocycles. The second-order valence-electron chi connectivity index (χ2n) is 8.17. The zero-order valence-corrected chi connectivity index (χ0v) is 17.1. The molecule has 0 radical (unpaired) electrons. The van der Waals surface area contributed by atoms with Crippen molar-refractivity contribution < 1.29 is 14.3 Å². The van der Waals surface area contributed by atoms with E-state index in [1.54, 1.807) is 7.11 Å².